The molecule has 2 rings (SSSR count). The van der Waals surface area contributed by atoms with Crippen molar-refractivity contribution in [3.05, 3.63) is 53.7 Å². The first-order valence-electron chi connectivity index (χ1n) is 5.87. The molecule has 0 saturated heterocycles. The van der Waals surface area contributed by atoms with Crippen LogP contribution in [0.2, 0.25) is 0 Å². The highest BCUT2D eigenvalue weighted by Gasteiger charge is 2.09. The van der Waals surface area contributed by atoms with Crippen LogP contribution in [-0.4, -0.2) is 23.1 Å². The number of oxime groups is 1. The fourth-order valence-corrected chi connectivity index (χ4v) is 1.81. The molecule has 2 aromatic rings. The lowest BCUT2D eigenvalue weighted by atomic mass is 10.2. The molecule has 0 atom stereocenters. The fourth-order valence-electron chi connectivity index (χ4n) is 1.81. The Morgan fingerprint density at radius 2 is 1.95 bits per heavy atom. The van der Waals surface area contributed by atoms with Crippen LogP contribution in [0.4, 0.5) is 11.5 Å². The number of para-hydroxylation sites is 1. The van der Waals surface area contributed by atoms with Crippen LogP contribution in [0.5, 0.6) is 0 Å². The number of aryl methyl sites for hydroxylation is 1. The Bertz CT molecular complexity index is 596. The second kappa shape index (κ2) is 5.39. The van der Waals surface area contributed by atoms with Crippen molar-refractivity contribution in [2.24, 2.45) is 10.9 Å². The molecule has 0 saturated carbocycles. The summed E-state index contributed by atoms with van der Waals surface area (Å²) in [6, 6.07) is 13.4. The van der Waals surface area contributed by atoms with Crippen LogP contribution < -0.4 is 10.6 Å². The second-order valence-corrected chi connectivity index (χ2v) is 4.24. The molecule has 0 aliphatic rings. The third kappa shape index (κ3) is 2.82. The highest BCUT2D eigenvalue weighted by atomic mass is 16.4. The average Bonchev–Trinajstić information content (AvgIpc) is 2.45. The second-order valence-electron chi connectivity index (χ2n) is 4.24. The number of hydrogen-bond acceptors (Lipinski definition) is 4. The minimum Gasteiger partial charge on any atom is -0.409 e. The molecular formula is C14H16N4O. The number of benzene rings is 1. The normalized spacial score (nSPS) is 11.4. The number of nitrogens with two attached hydrogens (primary N) is 1. The lowest BCUT2D eigenvalue weighted by molar-refractivity contribution is 0.318. The zero-order valence-electron chi connectivity index (χ0n) is 10.9. The van der Waals surface area contributed by atoms with Gasteiger partial charge in [-0.15, -0.1) is 0 Å². The van der Waals surface area contributed by atoms with Gasteiger partial charge in [0.1, 0.15) is 5.82 Å². The first-order chi connectivity index (χ1) is 9.11. The number of hydrogen-bond donors (Lipinski definition) is 2. The molecule has 1 aromatic heterocycles. The zero-order chi connectivity index (χ0) is 13.8. The molecule has 0 aliphatic carbocycles. The molecule has 0 radical (unpaired) electrons. The van der Waals surface area contributed by atoms with E-state index in [-0.39, 0.29) is 5.84 Å². The van der Waals surface area contributed by atoms with Gasteiger partial charge in [0.05, 0.1) is 0 Å². The van der Waals surface area contributed by atoms with Crippen LogP contribution in [0.3, 0.4) is 0 Å². The first kappa shape index (κ1) is 12.9. The van der Waals surface area contributed by atoms with E-state index in [0.29, 0.717) is 5.56 Å². The molecule has 0 spiro atoms. The topological polar surface area (TPSA) is 74.7 Å². The highest BCUT2D eigenvalue weighted by molar-refractivity contribution is 5.97. The van der Waals surface area contributed by atoms with E-state index in [1.54, 1.807) is 12.1 Å². The van der Waals surface area contributed by atoms with Crippen LogP contribution in [0, 0.1) is 6.92 Å². The van der Waals surface area contributed by atoms with Crippen molar-refractivity contribution >= 4 is 17.3 Å². The van der Waals surface area contributed by atoms with Gasteiger partial charge in [-0.05, 0) is 31.2 Å². The van der Waals surface area contributed by atoms with Gasteiger partial charge in [-0.25, -0.2) is 4.98 Å². The molecule has 0 unspecified atom stereocenters. The Morgan fingerprint density at radius 3 is 2.58 bits per heavy atom. The van der Waals surface area contributed by atoms with E-state index >= 15 is 0 Å². The average molecular weight is 256 g/mol. The molecule has 0 amide bonds. The smallest absolute Gasteiger partial charge is 0.170 e. The van der Waals surface area contributed by atoms with Gasteiger partial charge in [0, 0.05) is 24.0 Å². The van der Waals surface area contributed by atoms with Crippen LogP contribution in [0.25, 0.3) is 0 Å². The Hall–Kier alpha value is -2.56. The van der Waals surface area contributed by atoms with Crippen molar-refractivity contribution in [1.82, 2.24) is 4.98 Å². The quantitative estimate of drug-likeness (QED) is 0.382. The summed E-state index contributed by atoms with van der Waals surface area (Å²) in [5, 5.41) is 11.8. The van der Waals surface area contributed by atoms with Crippen molar-refractivity contribution in [2.75, 3.05) is 11.9 Å². The zero-order valence-corrected chi connectivity index (χ0v) is 10.9. The standard InChI is InChI=1S/C14H16N4O/c1-10-8-11(14(15)17-19)9-13(16-10)18(2)12-6-4-3-5-7-12/h3-9,19H,1-2H3,(H2,15,17). The van der Waals surface area contributed by atoms with Crippen LogP contribution in [-0.2, 0) is 0 Å². The van der Waals surface area contributed by atoms with Crippen LogP contribution in [0.15, 0.2) is 47.6 Å². The minimum atomic E-state index is 0.0770. The Kier molecular flexibility index (Phi) is 3.66. The van der Waals surface area contributed by atoms with E-state index in [0.717, 1.165) is 17.2 Å². The van der Waals surface area contributed by atoms with Crippen molar-refractivity contribution in [1.29, 1.82) is 0 Å². The van der Waals surface area contributed by atoms with Gasteiger partial charge in [-0.3, -0.25) is 0 Å². The summed E-state index contributed by atoms with van der Waals surface area (Å²) in [4.78, 5) is 6.41. The van der Waals surface area contributed by atoms with Gasteiger partial charge in [-0.2, -0.15) is 0 Å². The third-order valence-corrected chi connectivity index (χ3v) is 2.83. The lowest BCUT2D eigenvalue weighted by Gasteiger charge is -2.19. The summed E-state index contributed by atoms with van der Waals surface area (Å²) in [6.07, 6.45) is 0. The highest BCUT2D eigenvalue weighted by Crippen LogP contribution is 2.22. The van der Waals surface area contributed by atoms with E-state index in [2.05, 4.69) is 10.1 Å². The molecule has 0 bridgehead atoms. The maximum Gasteiger partial charge on any atom is 0.170 e. The number of pyridine rings is 1. The third-order valence-electron chi connectivity index (χ3n) is 2.83. The monoisotopic (exact) mass is 256 g/mol. The van der Waals surface area contributed by atoms with E-state index in [4.69, 9.17) is 10.9 Å². The minimum absolute atomic E-state index is 0.0770. The van der Waals surface area contributed by atoms with Crippen LogP contribution in [0.1, 0.15) is 11.3 Å². The van der Waals surface area contributed by atoms with E-state index in [1.807, 2.05) is 49.2 Å². The van der Waals surface area contributed by atoms with Crippen molar-refractivity contribution in [2.45, 2.75) is 6.92 Å². The molecule has 1 heterocycles. The molecule has 0 aliphatic heterocycles. The maximum atomic E-state index is 8.75. The van der Waals surface area contributed by atoms with Gasteiger partial charge in [0.15, 0.2) is 5.84 Å². The lowest BCUT2D eigenvalue weighted by Crippen LogP contribution is -2.17. The van der Waals surface area contributed by atoms with Gasteiger partial charge >= 0.3 is 0 Å². The Morgan fingerprint density at radius 1 is 1.26 bits per heavy atom. The molecule has 19 heavy (non-hydrogen) atoms. The predicted octanol–water partition coefficient (Wildman–Crippen LogP) is 2.25. The fraction of sp³-hybridized carbons (Fsp3) is 0.143. The Balaban J connectivity index is 2.43. The van der Waals surface area contributed by atoms with Gasteiger partial charge in [-0.1, -0.05) is 23.4 Å². The SMILES string of the molecule is Cc1cc(/C(N)=N/O)cc(N(C)c2ccccc2)n1. The molecular weight excluding hydrogens is 240 g/mol. The summed E-state index contributed by atoms with van der Waals surface area (Å²) < 4.78 is 0. The number of anilines is 2. The van der Waals surface area contributed by atoms with Crippen molar-refractivity contribution < 1.29 is 5.21 Å². The first-order valence-corrected chi connectivity index (χ1v) is 5.87. The molecule has 3 N–H and O–H groups in total. The molecule has 1 aromatic carbocycles. The molecule has 5 heteroatoms. The van der Waals surface area contributed by atoms with E-state index in [9.17, 15) is 0 Å². The van der Waals surface area contributed by atoms with Gasteiger partial charge < -0.3 is 15.8 Å². The Labute approximate surface area is 112 Å². The number of amidine groups is 1. The van der Waals surface area contributed by atoms with E-state index < -0.39 is 0 Å². The van der Waals surface area contributed by atoms with E-state index in [1.165, 1.54) is 0 Å². The molecule has 5 nitrogen and oxygen atoms in total. The van der Waals surface area contributed by atoms with Crippen LogP contribution >= 0.6 is 0 Å². The van der Waals surface area contributed by atoms with Crippen molar-refractivity contribution in [3.63, 3.8) is 0 Å². The molecule has 98 valence electrons. The number of aromatic nitrogens is 1. The van der Waals surface area contributed by atoms with Gasteiger partial charge in [0.25, 0.3) is 0 Å². The summed E-state index contributed by atoms with van der Waals surface area (Å²) in [6.45, 7) is 1.87. The maximum absolute atomic E-state index is 8.75. The van der Waals surface area contributed by atoms with Gasteiger partial charge in [0.2, 0.25) is 0 Å². The molecule has 0 fully saturated rings. The van der Waals surface area contributed by atoms with Crippen molar-refractivity contribution in [3.8, 4) is 0 Å². The summed E-state index contributed by atoms with van der Waals surface area (Å²) >= 11 is 0. The number of nitrogens with zero attached hydrogens (tertiary/aromatic N) is 3. The summed E-state index contributed by atoms with van der Waals surface area (Å²) in [5.74, 6) is 0.820. The summed E-state index contributed by atoms with van der Waals surface area (Å²) in [5.41, 5.74) is 8.10. The number of rotatable bonds is 3. The predicted molar refractivity (Wildman–Crippen MR) is 76.0 cm³/mol. The largest absolute Gasteiger partial charge is 0.409 e. The summed E-state index contributed by atoms with van der Waals surface area (Å²) in [7, 11) is 1.92.